The first-order valence-corrected chi connectivity index (χ1v) is 8.86. The van der Waals surface area contributed by atoms with Gasteiger partial charge in [-0.2, -0.15) is 0 Å². The molecule has 0 unspecified atom stereocenters. The smallest absolute Gasteiger partial charge is 0.252 e. The Morgan fingerprint density at radius 2 is 1.81 bits per heavy atom. The molecule has 1 heterocycles. The van der Waals surface area contributed by atoms with E-state index in [-0.39, 0.29) is 17.4 Å². The van der Waals surface area contributed by atoms with E-state index < -0.39 is 0 Å². The summed E-state index contributed by atoms with van der Waals surface area (Å²) >= 11 is 0. The number of fused-ring (bicyclic) bond motifs is 1. The van der Waals surface area contributed by atoms with Gasteiger partial charge in [0.05, 0.1) is 5.54 Å². The number of amides is 2. The summed E-state index contributed by atoms with van der Waals surface area (Å²) in [6, 6.07) is 12.6. The van der Waals surface area contributed by atoms with E-state index >= 15 is 0 Å². The van der Waals surface area contributed by atoms with Crippen molar-refractivity contribution in [2.24, 2.45) is 0 Å². The third-order valence-electron chi connectivity index (χ3n) is 4.78. The Balaban J connectivity index is 1.52. The zero-order chi connectivity index (χ0) is 18.9. The Kier molecular flexibility index (Phi) is 4.32. The molecule has 0 radical (unpaired) electrons. The summed E-state index contributed by atoms with van der Waals surface area (Å²) < 4.78 is 11.2. The van der Waals surface area contributed by atoms with E-state index in [0.29, 0.717) is 30.2 Å². The van der Waals surface area contributed by atoms with Crippen LogP contribution in [0.3, 0.4) is 0 Å². The van der Waals surface area contributed by atoms with Crippen molar-refractivity contribution in [2.45, 2.75) is 18.4 Å². The lowest BCUT2D eigenvalue weighted by atomic mass is 10.0. The van der Waals surface area contributed by atoms with Gasteiger partial charge in [0.2, 0.25) is 5.91 Å². The first-order chi connectivity index (χ1) is 13.1. The molecule has 2 N–H and O–H groups in total. The van der Waals surface area contributed by atoms with Crippen LogP contribution in [-0.2, 0) is 10.3 Å². The maximum Gasteiger partial charge on any atom is 0.252 e. The number of anilines is 1. The van der Waals surface area contributed by atoms with Crippen LogP contribution in [0.15, 0.2) is 55.1 Å². The first kappa shape index (κ1) is 17.1. The molecule has 6 heteroatoms. The molecule has 4 rings (SSSR count). The molecule has 2 amide bonds. The van der Waals surface area contributed by atoms with Crippen molar-refractivity contribution in [3.8, 4) is 11.5 Å². The SMILES string of the molecule is C=CC(=O)Nc1cccc(C(=O)NC2(c3ccc4c(c3)OCCO4)CC2)c1. The molecule has 1 aliphatic carbocycles. The normalized spacial score (nSPS) is 16.1. The number of ether oxygens (including phenoxy) is 2. The average Bonchev–Trinajstić information content (AvgIpc) is 3.48. The first-order valence-electron chi connectivity index (χ1n) is 8.86. The summed E-state index contributed by atoms with van der Waals surface area (Å²) in [6.45, 7) is 4.50. The molecule has 2 aromatic carbocycles. The monoisotopic (exact) mass is 364 g/mol. The van der Waals surface area contributed by atoms with Gasteiger partial charge in [0.25, 0.3) is 5.91 Å². The molecule has 0 atom stereocenters. The predicted molar refractivity (Wildman–Crippen MR) is 101 cm³/mol. The molecule has 6 nitrogen and oxygen atoms in total. The number of carbonyl (C=O) groups excluding carboxylic acids is 2. The van der Waals surface area contributed by atoms with Gasteiger partial charge in [-0.15, -0.1) is 0 Å². The minimum Gasteiger partial charge on any atom is -0.486 e. The molecule has 1 fully saturated rings. The van der Waals surface area contributed by atoms with Crippen LogP contribution in [0.2, 0.25) is 0 Å². The molecule has 1 saturated carbocycles. The van der Waals surface area contributed by atoms with E-state index in [1.165, 1.54) is 6.08 Å². The largest absolute Gasteiger partial charge is 0.486 e. The zero-order valence-corrected chi connectivity index (χ0v) is 14.8. The van der Waals surface area contributed by atoms with E-state index in [9.17, 15) is 9.59 Å². The van der Waals surface area contributed by atoms with Crippen molar-refractivity contribution >= 4 is 17.5 Å². The maximum atomic E-state index is 12.8. The van der Waals surface area contributed by atoms with Crippen molar-refractivity contribution in [1.82, 2.24) is 5.32 Å². The van der Waals surface area contributed by atoms with Gasteiger partial charge in [0.1, 0.15) is 13.2 Å². The molecule has 27 heavy (non-hydrogen) atoms. The fourth-order valence-electron chi connectivity index (χ4n) is 3.17. The predicted octanol–water partition coefficient (Wildman–Crippen LogP) is 3.00. The third-order valence-corrected chi connectivity index (χ3v) is 4.78. The minimum absolute atomic E-state index is 0.183. The van der Waals surface area contributed by atoms with Crippen molar-refractivity contribution in [3.05, 3.63) is 66.2 Å². The summed E-state index contributed by atoms with van der Waals surface area (Å²) in [7, 11) is 0. The van der Waals surface area contributed by atoms with E-state index in [1.54, 1.807) is 24.3 Å². The molecule has 0 aromatic heterocycles. The Morgan fingerprint density at radius 1 is 1.04 bits per heavy atom. The second-order valence-corrected chi connectivity index (χ2v) is 6.67. The van der Waals surface area contributed by atoms with E-state index in [1.807, 2.05) is 18.2 Å². The number of hydrogen-bond donors (Lipinski definition) is 2. The summed E-state index contributed by atoms with van der Waals surface area (Å²) in [5, 5.41) is 5.80. The molecular weight excluding hydrogens is 344 g/mol. The number of benzene rings is 2. The lowest BCUT2D eigenvalue weighted by molar-refractivity contribution is -0.111. The van der Waals surface area contributed by atoms with Crippen LogP contribution in [0.25, 0.3) is 0 Å². The molecule has 2 aromatic rings. The minimum atomic E-state index is -0.382. The van der Waals surface area contributed by atoms with Crippen LogP contribution >= 0.6 is 0 Å². The highest BCUT2D eigenvalue weighted by atomic mass is 16.6. The quantitative estimate of drug-likeness (QED) is 0.800. The molecule has 0 bridgehead atoms. The van der Waals surface area contributed by atoms with Crippen LogP contribution in [-0.4, -0.2) is 25.0 Å². The Labute approximate surface area is 157 Å². The number of hydrogen-bond acceptors (Lipinski definition) is 4. The Hall–Kier alpha value is -3.28. The third kappa shape index (κ3) is 3.51. The van der Waals surface area contributed by atoms with Crippen LogP contribution in [0.5, 0.6) is 11.5 Å². The topological polar surface area (TPSA) is 76.7 Å². The van der Waals surface area contributed by atoms with E-state index in [0.717, 1.165) is 24.2 Å². The lowest BCUT2D eigenvalue weighted by Gasteiger charge is -2.23. The van der Waals surface area contributed by atoms with Crippen LogP contribution < -0.4 is 20.1 Å². The zero-order valence-electron chi connectivity index (χ0n) is 14.8. The highest BCUT2D eigenvalue weighted by Gasteiger charge is 2.46. The van der Waals surface area contributed by atoms with Crippen molar-refractivity contribution in [2.75, 3.05) is 18.5 Å². The Bertz CT molecular complexity index is 918. The highest BCUT2D eigenvalue weighted by Crippen LogP contribution is 2.48. The standard InChI is InChI=1S/C21H20N2O4/c1-2-19(24)22-16-5-3-4-14(12-16)20(25)23-21(8-9-21)15-6-7-17-18(13-15)27-11-10-26-17/h2-7,12-13H,1,8-11H2,(H,22,24)(H,23,25). The van der Waals surface area contributed by atoms with Crippen molar-refractivity contribution in [3.63, 3.8) is 0 Å². The average molecular weight is 364 g/mol. The van der Waals surface area contributed by atoms with Gasteiger partial charge in [0, 0.05) is 11.3 Å². The Morgan fingerprint density at radius 3 is 2.56 bits per heavy atom. The second kappa shape index (κ2) is 6.79. The highest BCUT2D eigenvalue weighted by molar-refractivity contribution is 6.01. The van der Waals surface area contributed by atoms with Gasteiger partial charge < -0.3 is 20.1 Å². The molecule has 2 aliphatic rings. The van der Waals surface area contributed by atoms with Gasteiger partial charge in [-0.1, -0.05) is 18.7 Å². The van der Waals surface area contributed by atoms with E-state index in [4.69, 9.17) is 9.47 Å². The summed E-state index contributed by atoms with van der Waals surface area (Å²) in [5.41, 5.74) is 1.67. The molecular formula is C21H20N2O4. The molecule has 138 valence electrons. The molecule has 0 spiro atoms. The van der Waals surface area contributed by atoms with Crippen LogP contribution in [0, 0.1) is 0 Å². The van der Waals surface area contributed by atoms with Crippen LogP contribution in [0.4, 0.5) is 5.69 Å². The number of rotatable bonds is 5. The van der Waals surface area contributed by atoms with Crippen molar-refractivity contribution < 1.29 is 19.1 Å². The van der Waals surface area contributed by atoms with Gasteiger partial charge in [-0.25, -0.2) is 0 Å². The lowest BCUT2D eigenvalue weighted by Crippen LogP contribution is -2.35. The fourth-order valence-corrected chi connectivity index (χ4v) is 3.17. The second-order valence-electron chi connectivity index (χ2n) is 6.67. The molecule has 0 saturated heterocycles. The van der Waals surface area contributed by atoms with Gasteiger partial charge in [-0.05, 0) is 54.8 Å². The number of nitrogens with one attached hydrogen (secondary N) is 2. The number of carbonyl (C=O) groups is 2. The summed E-state index contributed by atoms with van der Waals surface area (Å²) in [6.07, 6.45) is 2.92. The van der Waals surface area contributed by atoms with Crippen LogP contribution in [0.1, 0.15) is 28.8 Å². The van der Waals surface area contributed by atoms with Gasteiger partial charge in [-0.3, -0.25) is 9.59 Å². The summed E-state index contributed by atoms with van der Waals surface area (Å²) in [4.78, 5) is 24.2. The van der Waals surface area contributed by atoms with E-state index in [2.05, 4.69) is 17.2 Å². The van der Waals surface area contributed by atoms with Gasteiger partial charge in [0.15, 0.2) is 11.5 Å². The fraction of sp³-hybridized carbons (Fsp3) is 0.238. The maximum absolute atomic E-state index is 12.8. The summed E-state index contributed by atoms with van der Waals surface area (Å²) in [5.74, 6) is 0.950. The molecule has 1 aliphatic heterocycles. The van der Waals surface area contributed by atoms with Gasteiger partial charge >= 0.3 is 0 Å². The van der Waals surface area contributed by atoms with Crippen molar-refractivity contribution in [1.29, 1.82) is 0 Å².